The average molecular weight is 197 g/mol. The third-order valence-corrected chi connectivity index (χ3v) is 3.13. The van der Waals surface area contributed by atoms with E-state index in [1.165, 1.54) is 12.7 Å². The van der Waals surface area contributed by atoms with E-state index in [2.05, 4.69) is 23.8 Å². The van der Waals surface area contributed by atoms with Crippen LogP contribution in [0.3, 0.4) is 0 Å². The maximum atomic E-state index is 5.53. The van der Waals surface area contributed by atoms with E-state index in [0.29, 0.717) is 5.82 Å². The van der Waals surface area contributed by atoms with Gasteiger partial charge in [-0.25, -0.2) is 9.97 Å². The molecule has 0 aliphatic heterocycles. The van der Waals surface area contributed by atoms with Crippen molar-refractivity contribution in [3.8, 4) is 0 Å². The largest absolute Gasteiger partial charge is 0.384 e. The lowest BCUT2D eigenvalue weighted by atomic mass is 10.2. The monoisotopic (exact) mass is 197 g/mol. The highest BCUT2D eigenvalue weighted by molar-refractivity contribution is 7.99. The number of anilines is 1. The fourth-order valence-electron chi connectivity index (χ4n) is 0.778. The molecule has 4 heteroatoms. The molecule has 2 N–H and O–H groups in total. The minimum absolute atomic E-state index is 0.543. The minimum atomic E-state index is 0.543. The summed E-state index contributed by atoms with van der Waals surface area (Å²) in [5.74, 6) is 2.36. The maximum absolute atomic E-state index is 5.53. The van der Waals surface area contributed by atoms with Gasteiger partial charge in [-0.05, 0) is 5.92 Å². The third kappa shape index (κ3) is 3.63. The van der Waals surface area contributed by atoms with E-state index in [9.17, 15) is 0 Å². The molecule has 0 amide bonds. The topological polar surface area (TPSA) is 51.8 Å². The van der Waals surface area contributed by atoms with Gasteiger partial charge in [0.05, 0.1) is 0 Å². The molecule has 1 aromatic heterocycles. The van der Waals surface area contributed by atoms with Crippen molar-refractivity contribution in [3.63, 3.8) is 0 Å². The number of hydrogen-bond acceptors (Lipinski definition) is 4. The Bertz CT molecular complexity index is 265. The summed E-state index contributed by atoms with van der Waals surface area (Å²) in [6.45, 7) is 4.43. The lowest BCUT2D eigenvalue weighted by molar-refractivity contribution is 0.636. The second-order valence-electron chi connectivity index (χ2n) is 3.11. The predicted molar refractivity (Wildman–Crippen MR) is 56.6 cm³/mol. The van der Waals surface area contributed by atoms with Gasteiger partial charge in [-0.3, -0.25) is 0 Å². The highest BCUT2D eigenvalue weighted by atomic mass is 32.2. The number of thioether (sulfide) groups is 1. The van der Waals surface area contributed by atoms with Crippen LogP contribution in [-0.2, 0) is 0 Å². The first kappa shape index (κ1) is 10.3. The quantitative estimate of drug-likeness (QED) is 0.594. The Morgan fingerprint density at radius 3 is 2.92 bits per heavy atom. The third-order valence-electron chi connectivity index (χ3n) is 1.88. The summed E-state index contributed by atoms with van der Waals surface area (Å²) >= 11 is 1.74. The summed E-state index contributed by atoms with van der Waals surface area (Å²) in [4.78, 5) is 7.96. The van der Waals surface area contributed by atoms with Crippen molar-refractivity contribution in [1.82, 2.24) is 9.97 Å². The fraction of sp³-hybridized carbons (Fsp3) is 0.556. The van der Waals surface area contributed by atoms with E-state index >= 15 is 0 Å². The molecule has 0 aliphatic carbocycles. The maximum Gasteiger partial charge on any atom is 0.127 e. The molecule has 0 fully saturated rings. The summed E-state index contributed by atoms with van der Waals surface area (Å²) in [5, 5.41) is 0.966. The molecule has 72 valence electrons. The van der Waals surface area contributed by atoms with E-state index in [-0.39, 0.29) is 0 Å². The van der Waals surface area contributed by atoms with Crippen molar-refractivity contribution in [3.05, 3.63) is 12.4 Å². The molecule has 0 spiro atoms. The zero-order chi connectivity index (χ0) is 9.68. The lowest BCUT2D eigenvalue weighted by Gasteiger charge is -2.06. The van der Waals surface area contributed by atoms with Crippen LogP contribution in [0.15, 0.2) is 17.4 Å². The van der Waals surface area contributed by atoms with E-state index in [4.69, 9.17) is 5.73 Å². The van der Waals surface area contributed by atoms with Crippen LogP contribution in [0.4, 0.5) is 5.82 Å². The first-order valence-electron chi connectivity index (χ1n) is 4.42. The molecule has 1 unspecified atom stereocenters. The van der Waals surface area contributed by atoms with Crippen LogP contribution in [0, 0.1) is 5.92 Å². The van der Waals surface area contributed by atoms with Crippen LogP contribution >= 0.6 is 11.8 Å². The van der Waals surface area contributed by atoms with Crippen molar-refractivity contribution in [1.29, 1.82) is 0 Å². The van der Waals surface area contributed by atoms with Gasteiger partial charge in [0.15, 0.2) is 0 Å². The van der Waals surface area contributed by atoms with Gasteiger partial charge in [0.1, 0.15) is 17.2 Å². The molecule has 13 heavy (non-hydrogen) atoms. The molecule has 1 heterocycles. The van der Waals surface area contributed by atoms with E-state index in [1.807, 2.05) is 6.07 Å². The summed E-state index contributed by atoms with van der Waals surface area (Å²) in [5.41, 5.74) is 5.53. The Hall–Kier alpha value is -0.770. The molecule has 0 radical (unpaired) electrons. The number of nitrogens with two attached hydrogens (primary N) is 1. The van der Waals surface area contributed by atoms with Crippen LogP contribution in [0.2, 0.25) is 0 Å². The standard InChI is InChI=1S/C9H15N3S/c1-3-7(2)5-13-9-4-8(10)11-6-12-9/h4,6-7H,3,5H2,1-2H3,(H2,10,11,12). The molecular formula is C9H15N3S. The van der Waals surface area contributed by atoms with Crippen LogP contribution in [0.25, 0.3) is 0 Å². The predicted octanol–water partition coefficient (Wildman–Crippen LogP) is 2.20. The van der Waals surface area contributed by atoms with Gasteiger partial charge in [0.2, 0.25) is 0 Å². The SMILES string of the molecule is CCC(C)CSc1cc(N)ncn1. The van der Waals surface area contributed by atoms with E-state index in [1.54, 1.807) is 11.8 Å². The Labute approximate surface area is 83.2 Å². The van der Waals surface area contributed by atoms with Crippen LogP contribution < -0.4 is 5.73 Å². The fourth-order valence-corrected chi connectivity index (χ4v) is 1.79. The zero-order valence-electron chi connectivity index (χ0n) is 8.03. The molecular weight excluding hydrogens is 182 g/mol. The van der Waals surface area contributed by atoms with Gasteiger partial charge in [-0.1, -0.05) is 20.3 Å². The Balaban J connectivity index is 2.45. The van der Waals surface area contributed by atoms with E-state index in [0.717, 1.165) is 16.7 Å². The van der Waals surface area contributed by atoms with Crippen LogP contribution in [-0.4, -0.2) is 15.7 Å². The van der Waals surface area contributed by atoms with Crippen molar-refractivity contribution >= 4 is 17.6 Å². The van der Waals surface area contributed by atoms with Gasteiger partial charge in [0.25, 0.3) is 0 Å². The number of hydrogen-bond donors (Lipinski definition) is 1. The molecule has 0 saturated heterocycles. The van der Waals surface area contributed by atoms with Gasteiger partial charge in [-0.2, -0.15) is 0 Å². The Morgan fingerprint density at radius 2 is 2.31 bits per heavy atom. The molecule has 3 nitrogen and oxygen atoms in total. The van der Waals surface area contributed by atoms with Crippen molar-refractivity contribution in [2.24, 2.45) is 5.92 Å². The van der Waals surface area contributed by atoms with Crippen LogP contribution in [0.5, 0.6) is 0 Å². The number of rotatable bonds is 4. The minimum Gasteiger partial charge on any atom is -0.384 e. The van der Waals surface area contributed by atoms with Crippen LogP contribution in [0.1, 0.15) is 20.3 Å². The van der Waals surface area contributed by atoms with Gasteiger partial charge >= 0.3 is 0 Å². The highest BCUT2D eigenvalue weighted by Crippen LogP contribution is 2.20. The second kappa shape index (κ2) is 5.07. The molecule has 1 atom stereocenters. The number of nitrogens with zero attached hydrogens (tertiary/aromatic N) is 2. The summed E-state index contributed by atoms with van der Waals surface area (Å²) in [6, 6.07) is 1.81. The van der Waals surface area contributed by atoms with Gasteiger partial charge in [-0.15, -0.1) is 11.8 Å². The zero-order valence-corrected chi connectivity index (χ0v) is 8.84. The van der Waals surface area contributed by atoms with Crippen molar-refractivity contribution < 1.29 is 0 Å². The molecule has 1 aromatic rings. The Morgan fingerprint density at radius 1 is 1.54 bits per heavy atom. The van der Waals surface area contributed by atoms with Gasteiger partial charge in [0, 0.05) is 11.8 Å². The van der Waals surface area contributed by atoms with E-state index < -0.39 is 0 Å². The molecule has 0 bridgehead atoms. The lowest BCUT2D eigenvalue weighted by Crippen LogP contribution is -1.97. The molecule has 0 aliphatic rings. The summed E-state index contributed by atoms with van der Waals surface area (Å²) in [6.07, 6.45) is 2.71. The second-order valence-corrected chi connectivity index (χ2v) is 4.15. The van der Waals surface area contributed by atoms with Gasteiger partial charge < -0.3 is 5.73 Å². The smallest absolute Gasteiger partial charge is 0.127 e. The first-order valence-corrected chi connectivity index (χ1v) is 5.41. The Kier molecular flexibility index (Phi) is 4.02. The molecule has 0 saturated carbocycles. The summed E-state index contributed by atoms with van der Waals surface area (Å²) in [7, 11) is 0. The number of nitrogen functional groups attached to an aromatic ring is 1. The highest BCUT2D eigenvalue weighted by Gasteiger charge is 2.01. The summed E-state index contributed by atoms with van der Waals surface area (Å²) < 4.78 is 0. The average Bonchev–Trinajstić information content (AvgIpc) is 2.14. The van der Waals surface area contributed by atoms with Crippen molar-refractivity contribution in [2.75, 3.05) is 11.5 Å². The molecule has 0 aromatic carbocycles. The molecule has 1 rings (SSSR count). The number of aromatic nitrogens is 2. The normalized spacial score (nSPS) is 12.8. The van der Waals surface area contributed by atoms with Crippen molar-refractivity contribution in [2.45, 2.75) is 25.3 Å². The first-order chi connectivity index (χ1) is 6.22.